The summed E-state index contributed by atoms with van der Waals surface area (Å²) < 4.78 is 0. The van der Waals surface area contributed by atoms with E-state index in [0.29, 0.717) is 6.54 Å². The fourth-order valence-electron chi connectivity index (χ4n) is 2.19. The van der Waals surface area contributed by atoms with E-state index < -0.39 is 5.41 Å². The zero-order valence-corrected chi connectivity index (χ0v) is 11.7. The van der Waals surface area contributed by atoms with Gasteiger partial charge in [-0.3, -0.25) is 4.79 Å². The van der Waals surface area contributed by atoms with E-state index in [0.717, 1.165) is 32.0 Å². The van der Waals surface area contributed by atoms with Crippen LogP contribution in [-0.2, 0) is 4.79 Å². The average molecular weight is 262 g/mol. The van der Waals surface area contributed by atoms with E-state index in [9.17, 15) is 4.79 Å². The third-order valence-electron chi connectivity index (χ3n) is 3.63. The third-order valence-corrected chi connectivity index (χ3v) is 3.63. The summed E-state index contributed by atoms with van der Waals surface area (Å²) in [6, 6.07) is 5.89. The van der Waals surface area contributed by atoms with Crippen molar-refractivity contribution in [3.63, 3.8) is 0 Å². The second-order valence-corrected chi connectivity index (χ2v) is 5.56. The molecule has 0 unspecified atom stereocenters. The molecule has 0 spiro atoms. The maximum atomic E-state index is 12.3. The number of carbonyl (C=O) groups excluding carboxylic acids is 1. The molecule has 1 saturated heterocycles. The van der Waals surface area contributed by atoms with E-state index in [4.69, 9.17) is 5.73 Å². The van der Waals surface area contributed by atoms with E-state index in [-0.39, 0.29) is 5.91 Å². The molecule has 5 nitrogen and oxygen atoms in total. The molecule has 0 bridgehead atoms. The van der Waals surface area contributed by atoms with Crippen LogP contribution < -0.4 is 10.6 Å². The summed E-state index contributed by atoms with van der Waals surface area (Å²) in [5, 5.41) is 0. The van der Waals surface area contributed by atoms with Crippen LogP contribution in [0.2, 0.25) is 0 Å². The standard InChI is InChI=1S/C14H22N4O/c1-14(2,11-15)13(19)18-9-7-17(8-10-18)12-5-3-4-6-16-12/h3-6H,7-11,15H2,1-2H3. The van der Waals surface area contributed by atoms with Crippen LogP contribution in [0.5, 0.6) is 0 Å². The molecular weight excluding hydrogens is 240 g/mol. The second-order valence-electron chi connectivity index (χ2n) is 5.56. The fraction of sp³-hybridized carbons (Fsp3) is 0.571. The number of hydrogen-bond acceptors (Lipinski definition) is 4. The van der Waals surface area contributed by atoms with Gasteiger partial charge in [-0.2, -0.15) is 0 Å². The van der Waals surface area contributed by atoms with Crippen molar-refractivity contribution in [2.45, 2.75) is 13.8 Å². The number of amides is 1. The molecule has 1 fully saturated rings. The van der Waals surface area contributed by atoms with Crippen molar-refractivity contribution in [1.29, 1.82) is 0 Å². The molecule has 2 rings (SSSR count). The smallest absolute Gasteiger partial charge is 0.229 e. The van der Waals surface area contributed by atoms with Crippen LogP contribution >= 0.6 is 0 Å². The lowest BCUT2D eigenvalue weighted by molar-refractivity contribution is -0.140. The molecule has 1 amide bonds. The maximum Gasteiger partial charge on any atom is 0.229 e. The minimum absolute atomic E-state index is 0.149. The normalized spacial score (nSPS) is 16.6. The van der Waals surface area contributed by atoms with Gasteiger partial charge < -0.3 is 15.5 Å². The lowest BCUT2D eigenvalue weighted by atomic mass is 9.91. The number of nitrogens with two attached hydrogens (primary N) is 1. The van der Waals surface area contributed by atoms with Crippen molar-refractivity contribution in [2.24, 2.45) is 11.1 Å². The topological polar surface area (TPSA) is 62.5 Å². The molecule has 104 valence electrons. The number of rotatable bonds is 3. The van der Waals surface area contributed by atoms with Gasteiger partial charge in [-0.25, -0.2) is 4.98 Å². The molecular formula is C14H22N4O. The highest BCUT2D eigenvalue weighted by atomic mass is 16.2. The van der Waals surface area contributed by atoms with E-state index in [1.165, 1.54) is 0 Å². The number of pyridine rings is 1. The highest BCUT2D eigenvalue weighted by molar-refractivity contribution is 5.82. The number of aromatic nitrogens is 1. The van der Waals surface area contributed by atoms with E-state index in [1.54, 1.807) is 6.20 Å². The van der Waals surface area contributed by atoms with Crippen LogP contribution in [0.15, 0.2) is 24.4 Å². The van der Waals surface area contributed by atoms with E-state index >= 15 is 0 Å². The van der Waals surface area contributed by atoms with Crippen molar-refractivity contribution in [3.8, 4) is 0 Å². The van der Waals surface area contributed by atoms with Crippen LogP contribution in [0.1, 0.15) is 13.8 Å². The number of hydrogen-bond donors (Lipinski definition) is 1. The molecule has 0 saturated carbocycles. The van der Waals surface area contributed by atoms with Gasteiger partial charge in [-0.1, -0.05) is 6.07 Å². The largest absolute Gasteiger partial charge is 0.353 e. The Balaban J connectivity index is 1.95. The summed E-state index contributed by atoms with van der Waals surface area (Å²) >= 11 is 0. The number of nitrogens with zero attached hydrogens (tertiary/aromatic N) is 3. The van der Waals surface area contributed by atoms with Gasteiger partial charge in [0.1, 0.15) is 5.82 Å². The van der Waals surface area contributed by atoms with Gasteiger partial charge in [0.25, 0.3) is 0 Å². The van der Waals surface area contributed by atoms with Gasteiger partial charge >= 0.3 is 0 Å². The van der Waals surface area contributed by atoms with Crippen LogP contribution in [0.4, 0.5) is 5.82 Å². The number of carbonyl (C=O) groups is 1. The Bertz CT molecular complexity index is 424. The second kappa shape index (κ2) is 5.57. The molecule has 0 aliphatic carbocycles. The summed E-state index contributed by atoms with van der Waals surface area (Å²) in [7, 11) is 0. The minimum atomic E-state index is -0.465. The zero-order chi connectivity index (χ0) is 13.9. The molecule has 5 heteroatoms. The quantitative estimate of drug-likeness (QED) is 0.871. The summed E-state index contributed by atoms with van der Waals surface area (Å²) in [5.41, 5.74) is 5.20. The van der Waals surface area contributed by atoms with Crippen molar-refractivity contribution in [1.82, 2.24) is 9.88 Å². The molecule has 2 heterocycles. The van der Waals surface area contributed by atoms with Crippen LogP contribution in [-0.4, -0.2) is 48.5 Å². The predicted molar refractivity (Wildman–Crippen MR) is 75.9 cm³/mol. The summed E-state index contributed by atoms with van der Waals surface area (Å²) in [6.07, 6.45) is 1.80. The molecule has 0 aromatic carbocycles. The highest BCUT2D eigenvalue weighted by Crippen LogP contribution is 2.19. The van der Waals surface area contributed by atoms with Gasteiger partial charge in [-0.05, 0) is 26.0 Å². The monoisotopic (exact) mass is 262 g/mol. The van der Waals surface area contributed by atoms with Gasteiger partial charge in [0.15, 0.2) is 0 Å². The summed E-state index contributed by atoms with van der Waals surface area (Å²) in [5.74, 6) is 1.13. The summed E-state index contributed by atoms with van der Waals surface area (Å²) in [6.45, 7) is 7.30. The SMILES string of the molecule is CC(C)(CN)C(=O)N1CCN(c2ccccn2)CC1. The fourth-order valence-corrected chi connectivity index (χ4v) is 2.19. The van der Waals surface area contributed by atoms with Crippen molar-refractivity contribution in [3.05, 3.63) is 24.4 Å². The predicted octanol–water partition coefficient (Wildman–Crippen LogP) is 0.715. The highest BCUT2D eigenvalue weighted by Gasteiger charge is 2.32. The first kappa shape index (κ1) is 13.8. The van der Waals surface area contributed by atoms with E-state index in [1.807, 2.05) is 36.9 Å². The number of piperazine rings is 1. The molecule has 0 atom stereocenters. The molecule has 2 N–H and O–H groups in total. The van der Waals surface area contributed by atoms with E-state index in [2.05, 4.69) is 9.88 Å². The Hall–Kier alpha value is -1.62. The first-order valence-corrected chi connectivity index (χ1v) is 6.70. The average Bonchev–Trinajstić information content (AvgIpc) is 2.47. The lowest BCUT2D eigenvalue weighted by Gasteiger charge is -2.38. The Kier molecular flexibility index (Phi) is 4.04. The Labute approximate surface area is 114 Å². The lowest BCUT2D eigenvalue weighted by Crippen LogP contribution is -2.53. The Morgan fingerprint density at radius 1 is 1.32 bits per heavy atom. The first-order valence-electron chi connectivity index (χ1n) is 6.70. The van der Waals surface area contributed by atoms with Crippen LogP contribution in [0, 0.1) is 5.41 Å². The molecule has 1 aromatic rings. The Morgan fingerprint density at radius 2 is 2.00 bits per heavy atom. The van der Waals surface area contributed by atoms with Gasteiger partial charge in [0.2, 0.25) is 5.91 Å². The van der Waals surface area contributed by atoms with Gasteiger partial charge in [0, 0.05) is 38.9 Å². The molecule has 0 radical (unpaired) electrons. The molecule has 1 aromatic heterocycles. The minimum Gasteiger partial charge on any atom is -0.353 e. The van der Waals surface area contributed by atoms with Gasteiger partial charge in [-0.15, -0.1) is 0 Å². The number of anilines is 1. The zero-order valence-electron chi connectivity index (χ0n) is 11.7. The van der Waals surface area contributed by atoms with Crippen LogP contribution in [0.3, 0.4) is 0 Å². The van der Waals surface area contributed by atoms with Crippen LogP contribution in [0.25, 0.3) is 0 Å². The maximum absolute atomic E-state index is 12.3. The molecule has 19 heavy (non-hydrogen) atoms. The van der Waals surface area contributed by atoms with Crippen molar-refractivity contribution >= 4 is 11.7 Å². The molecule has 1 aliphatic heterocycles. The first-order chi connectivity index (χ1) is 9.04. The van der Waals surface area contributed by atoms with Gasteiger partial charge in [0.05, 0.1) is 5.41 Å². The third kappa shape index (κ3) is 3.04. The van der Waals surface area contributed by atoms with Crippen molar-refractivity contribution in [2.75, 3.05) is 37.6 Å². The Morgan fingerprint density at radius 3 is 2.53 bits per heavy atom. The summed E-state index contributed by atoms with van der Waals surface area (Å²) in [4.78, 5) is 20.8. The molecule has 1 aliphatic rings. The van der Waals surface area contributed by atoms with Crippen molar-refractivity contribution < 1.29 is 4.79 Å².